The highest BCUT2D eigenvalue weighted by atomic mass is 35.5. The van der Waals surface area contributed by atoms with E-state index in [1.54, 1.807) is 19.2 Å². The van der Waals surface area contributed by atoms with Crippen LogP contribution in [0.1, 0.15) is 18.9 Å². The normalized spacial score (nSPS) is 12.8. The number of nitrogens with zero attached hydrogens (tertiary/aromatic N) is 1. The van der Waals surface area contributed by atoms with Crippen LogP contribution in [0.3, 0.4) is 0 Å². The molecule has 5 N–H and O–H groups in total. The lowest BCUT2D eigenvalue weighted by molar-refractivity contribution is 0.628. The minimum atomic E-state index is -0.409. The van der Waals surface area contributed by atoms with Gasteiger partial charge in [-0.15, -0.1) is 0 Å². The van der Waals surface area contributed by atoms with Gasteiger partial charge in [0, 0.05) is 23.9 Å². The topological polar surface area (TPSA) is 76.4 Å². The molecule has 24 heavy (non-hydrogen) atoms. The van der Waals surface area contributed by atoms with Gasteiger partial charge in [-0.05, 0) is 36.8 Å². The van der Waals surface area contributed by atoms with Crippen molar-refractivity contribution >= 4 is 34.4 Å². The summed E-state index contributed by atoms with van der Waals surface area (Å²) in [7, 11) is 1.64. The van der Waals surface area contributed by atoms with Crippen LogP contribution in [0, 0.1) is 5.82 Å². The number of amidine groups is 1. The smallest absolute Gasteiger partial charge is 0.134 e. The average molecular weight is 347 g/mol. The van der Waals surface area contributed by atoms with Gasteiger partial charge in [0.2, 0.25) is 0 Å². The molecule has 0 aromatic heterocycles. The largest absolute Gasteiger partial charge is 0.401 e. The third-order valence-electron chi connectivity index (χ3n) is 3.58. The van der Waals surface area contributed by atoms with Crippen LogP contribution in [-0.4, -0.2) is 12.9 Å². The van der Waals surface area contributed by atoms with Crippen molar-refractivity contribution in [1.82, 2.24) is 0 Å². The molecule has 0 aliphatic rings. The van der Waals surface area contributed by atoms with Gasteiger partial charge < -0.3 is 16.8 Å². The van der Waals surface area contributed by atoms with Gasteiger partial charge >= 0.3 is 0 Å². The first-order valence-corrected chi connectivity index (χ1v) is 7.88. The van der Waals surface area contributed by atoms with Crippen LogP contribution in [-0.2, 0) is 0 Å². The number of allylic oxidation sites excluding steroid dienone is 1. The first kappa shape index (κ1) is 17.8. The van der Waals surface area contributed by atoms with E-state index in [2.05, 4.69) is 10.3 Å². The zero-order valence-electron chi connectivity index (χ0n) is 13.6. The standard InChI is InChI=1S/C18H20ClFN4/c1-3-14(21)17(12-9-8-11(20)10-13(12)19)18(23-2)24-16-7-5-4-6-15(16)22/h4-10H,3,21-22H2,1-2H3,(H,23,24). The summed E-state index contributed by atoms with van der Waals surface area (Å²) in [5.74, 6) is 0.106. The predicted octanol–water partition coefficient (Wildman–Crippen LogP) is 4.28. The summed E-state index contributed by atoms with van der Waals surface area (Å²) in [5.41, 5.74) is 15.3. The van der Waals surface area contributed by atoms with Crippen molar-refractivity contribution < 1.29 is 4.39 Å². The minimum Gasteiger partial charge on any atom is -0.401 e. The van der Waals surface area contributed by atoms with Crippen LogP contribution < -0.4 is 16.8 Å². The number of halogens is 2. The number of hydrogen-bond donors (Lipinski definition) is 3. The van der Waals surface area contributed by atoms with E-state index in [0.717, 1.165) is 0 Å². The van der Waals surface area contributed by atoms with Gasteiger partial charge in [0.15, 0.2) is 0 Å². The number of anilines is 2. The molecule has 0 unspecified atom stereocenters. The maximum atomic E-state index is 13.4. The number of para-hydroxylation sites is 2. The lowest BCUT2D eigenvalue weighted by Crippen LogP contribution is -2.19. The van der Waals surface area contributed by atoms with Gasteiger partial charge in [-0.25, -0.2) is 4.39 Å². The highest BCUT2D eigenvalue weighted by Crippen LogP contribution is 2.29. The third-order valence-corrected chi connectivity index (χ3v) is 3.89. The number of nitrogens with one attached hydrogen (secondary N) is 1. The Bertz CT molecular complexity index is 799. The average Bonchev–Trinajstić information content (AvgIpc) is 2.57. The highest BCUT2D eigenvalue weighted by molar-refractivity contribution is 6.37. The van der Waals surface area contributed by atoms with Gasteiger partial charge in [-0.2, -0.15) is 0 Å². The first-order chi connectivity index (χ1) is 11.5. The minimum absolute atomic E-state index is 0.269. The van der Waals surface area contributed by atoms with Gasteiger partial charge in [0.1, 0.15) is 11.7 Å². The SMILES string of the molecule is CCC(N)=C(C(=NC)Nc1ccccc1N)c1ccc(F)cc1Cl. The molecule has 2 rings (SSSR count). The number of aliphatic imine (C=N–C) groups is 1. The van der Waals surface area contributed by atoms with Crippen LogP contribution in [0.25, 0.3) is 5.57 Å². The first-order valence-electron chi connectivity index (χ1n) is 7.50. The van der Waals surface area contributed by atoms with Gasteiger partial charge in [-0.1, -0.05) is 30.7 Å². The Morgan fingerprint density at radius 3 is 2.54 bits per heavy atom. The molecule has 0 bridgehead atoms. The van der Waals surface area contributed by atoms with Crippen molar-refractivity contribution in [2.24, 2.45) is 10.7 Å². The Morgan fingerprint density at radius 1 is 1.25 bits per heavy atom. The van der Waals surface area contributed by atoms with E-state index in [0.29, 0.717) is 40.5 Å². The molecule has 0 saturated carbocycles. The maximum absolute atomic E-state index is 13.4. The molecule has 0 aliphatic heterocycles. The maximum Gasteiger partial charge on any atom is 0.134 e. The van der Waals surface area contributed by atoms with Crippen LogP contribution in [0.15, 0.2) is 53.2 Å². The number of rotatable bonds is 4. The second kappa shape index (κ2) is 7.84. The number of benzene rings is 2. The van der Waals surface area contributed by atoms with E-state index >= 15 is 0 Å². The van der Waals surface area contributed by atoms with Crippen molar-refractivity contribution in [3.05, 3.63) is 64.6 Å². The molecule has 2 aromatic rings. The van der Waals surface area contributed by atoms with E-state index in [1.807, 2.05) is 25.1 Å². The lowest BCUT2D eigenvalue weighted by atomic mass is 10.0. The van der Waals surface area contributed by atoms with Crippen LogP contribution in [0.5, 0.6) is 0 Å². The molecule has 2 aromatic carbocycles. The molecular formula is C18H20ClFN4. The van der Waals surface area contributed by atoms with Crippen molar-refractivity contribution in [3.8, 4) is 0 Å². The van der Waals surface area contributed by atoms with Crippen LogP contribution in [0.4, 0.5) is 15.8 Å². The summed E-state index contributed by atoms with van der Waals surface area (Å²) in [4.78, 5) is 4.29. The Balaban J connectivity index is 2.53. The van der Waals surface area contributed by atoms with E-state index in [9.17, 15) is 4.39 Å². The van der Waals surface area contributed by atoms with Crippen molar-refractivity contribution in [3.63, 3.8) is 0 Å². The second-order valence-electron chi connectivity index (χ2n) is 5.16. The van der Waals surface area contributed by atoms with E-state index < -0.39 is 5.82 Å². The number of nitrogens with two attached hydrogens (primary N) is 2. The van der Waals surface area contributed by atoms with Gasteiger partial charge in [0.25, 0.3) is 0 Å². The Kier molecular flexibility index (Phi) is 5.82. The Morgan fingerprint density at radius 2 is 1.96 bits per heavy atom. The quantitative estimate of drug-likeness (QED) is 0.439. The molecule has 0 aliphatic carbocycles. The van der Waals surface area contributed by atoms with Gasteiger partial charge in [-0.3, -0.25) is 4.99 Å². The molecule has 0 fully saturated rings. The zero-order chi connectivity index (χ0) is 17.7. The zero-order valence-corrected chi connectivity index (χ0v) is 14.4. The molecule has 126 valence electrons. The molecule has 0 saturated heterocycles. The molecule has 0 spiro atoms. The third kappa shape index (κ3) is 3.86. The van der Waals surface area contributed by atoms with Crippen LogP contribution >= 0.6 is 11.6 Å². The monoisotopic (exact) mass is 346 g/mol. The second-order valence-corrected chi connectivity index (χ2v) is 5.57. The molecule has 0 amide bonds. The summed E-state index contributed by atoms with van der Waals surface area (Å²) in [6.45, 7) is 1.93. The summed E-state index contributed by atoms with van der Waals surface area (Å²) in [6.07, 6.45) is 0.591. The summed E-state index contributed by atoms with van der Waals surface area (Å²) < 4.78 is 13.4. The Hall–Kier alpha value is -2.53. The summed E-state index contributed by atoms with van der Waals surface area (Å²) in [6, 6.07) is 11.5. The van der Waals surface area contributed by atoms with Gasteiger partial charge in [0.05, 0.1) is 16.4 Å². The fourth-order valence-electron chi connectivity index (χ4n) is 2.29. The highest BCUT2D eigenvalue weighted by Gasteiger charge is 2.17. The van der Waals surface area contributed by atoms with E-state index in [1.165, 1.54) is 12.1 Å². The molecule has 4 nitrogen and oxygen atoms in total. The molecule has 0 heterocycles. The van der Waals surface area contributed by atoms with Crippen molar-refractivity contribution in [2.45, 2.75) is 13.3 Å². The summed E-state index contributed by atoms with van der Waals surface area (Å²) in [5, 5.41) is 3.46. The van der Waals surface area contributed by atoms with Crippen molar-refractivity contribution in [1.29, 1.82) is 0 Å². The Labute approximate surface area is 146 Å². The number of hydrogen-bond acceptors (Lipinski definition) is 3. The fraction of sp³-hybridized carbons (Fsp3) is 0.167. The van der Waals surface area contributed by atoms with E-state index in [-0.39, 0.29) is 5.02 Å². The summed E-state index contributed by atoms with van der Waals surface area (Å²) >= 11 is 6.22. The molecular weight excluding hydrogens is 327 g/mol. The lowest BCUT2D eigenvalue weighted by Gasteiger charge is -2.18. The van der Waals surface area contributed by atoms with Crippen molar-refractivity contribution in [2.75, 3.05) is 18.1 Å². The van der Waals surface area contributed by atoms with Crippen LogP contribution in [0.2, 0.25) is 5.02 Å². The van der Waals surface area contributed by atoms with E-state index in [4.69, 9.17) is 23.1 Å². The fourth-order valence-corrected chi connectivity index (χ4v) is 2.55. The predicted molar refractivity (Wildman–Crippen MR) is 101 cm³/mol. The molecule has 0 atom stereocenters. The number of nitrogen functional groups attached to an aromatic ring is 1. The molecule has 0 radical (unpaired) electrons. The molecule has 6 heteroatoms.